The molecule has 174 valence electrons. The maximum absolute atomic E-state index is 13.5. The Hall–Kier alpha value is -1.66. The van der Waals surface area contributed by atoms with Crippen LogP contribution in [-0.2, 0) is 4.79 Å². The van der Waals surface area contributed by atoms with E-state index in [1.807, 2.05) is 6.07 Å². The first-order valence-corrected chi connectivity index (χ1v) is 12.3. The summed E-state index contributed by atoms with van der Waals surface area (Å²) in [5.41, 5.74) is 0.997. The Morgan fingerprint density at radius 1 is 1.10 bits per heavy atom. The minimum atomic E-state index is -0.157. The molecule has 1 saturated carbocycles. The Bertz CT molecular complexity index is 665. The molecule has 0 atom stereocenters. The number of anilines is 1. The molecule has 1 saturated heterocycles. The van der Waals surface area contributed by atoms with Crippen molar-refractivity contribution in [3.05, 3.63) is 30.1 Å². The molecule has 1 amide bonds. The Morgan fingerprint density at radius 2 is 1.81 bits per heavy atom. The summed E-state index contributed by atoms with van der Waals surface area (Å²) in [7, 11) is 0. The van der Waals surface area contributed by atoms with Crippen molar-refractivity contribution in [1.29, 1.82) is 0 Å². The summed E-state index contributed by atoms with van der Waals surface area (Å²) < 4.78 is 13.5. The Morgan fingerprint density at radius 3 is 2.45 bits per heavy atom. The molecule has 2 aliphatic rings. The zero-order chi connectivity index (χ0) is 22.1. The summed E-state index contributed by atoms with van der Waals surface area (Å²) in [5, 5.41) is 3.26. The molecule has 1 aromatic rings. The topological polar surface area (TPSA) is 38.8 Å². The number of carbonyl (C=O) groups is 1. The zero-order valence-electron chi connectivity index (χ0n) is 19.5. The van der Waals surface area contributed by atoms with E-state index in [0.29, 0.717) is 12.5 Å². The predicted octanol–water partition coefficient (Wildman–Crippen LogP) is 3.74. The lowest BCUT2D eigenvalue weighted by molar-refractivity contribution is -0.122. The van der Waals surface area contributed by atoms with Gasteiger partial charge in [0.1, 0.15) is 5.82 Å². The quantitative estimate of drug-likeness (QED) is 0.611. The molecule has 3 rings (SSSR count). The molecule has 0 bridgehead atoms. The van der Waals surface area contributed by atoms with E-state index in [0.717, 1.165) is 76.8 Å². The fourth-order valence-corrected chi connectivity index (χ4v) is 4.96. The molecule has 1 aliphatic carbocycles. The highest BCUT2D eigenvalue weighted by Crippen LogP contribution is 2.27. The molecule has 0 spiro atoms. The van der Waals surface area contributed by atoms with Gasteiger partial charge in [0.2, 0.25) is 5.91 Å². The Balaban J connectivity index is 1.28. The van der Waals surface area contributed by atoms with Crippen LogP contribution in [0.15, 0.2) is 24.3 Å². The average molecular weight is 433 g/mol. The molecule has 0 aromatic heterocycles. The van der Waals surface area contributed by atoms with Crippen LogP contribution in [0.1, 0.15) is 52.4 Å². The molecule has 1 heterocycles. The lowest BCUT2D eigenvalue weighted by Gasteiger charge is -2.37. The standard InChI is InChI=1S/C25H41FN4O/c1-3-28(4-2)15-13-25(31)27-23-10-8-21(9-11-23)12-14-29-16-18-30(19-17-29)24-7-5-6-22(26)20-24/h5-7,20-21,23H,3-4,8-19H2,1-2H3,(H,27,31). The lowest BCUT2D eigenvalue weighted by Crippen LogP contribution is -2.47. The van der Waals surface area contributed by atoms with E-state index in [1.54, 1.807) is 12.1 Å². The molecule has 2 fully saturated rings. The predicted molar refractivity (Wildman–Crippen MR) is 126 cm³/mol. The number of nitrogens with zero attached hydrogens (tertiary/aromatic N) is 3. The minimum Gasteiger partial charge on any atom is -0.369 e. The fraction of sp³-hybridized carbons (Fsp3) is 0.720. The van der Waals surface area contributed by atoms with Gasteiger partial charge in [-0.25, -0.2) is 4.39 Å². The van der Waals surface area contributed by atoms with Crippen molar-refractivity contribution in [2.45, 2.75) is 58.4 Å². The summed E-state index contributed by atoms with van der Waals surface area (Å²) in [6.07, 6.45) is 6.56. The lowest BCUT2D eigenvalue weighted by atomic mass is 9.84. The monoisotopic (exact) mass is 432 g/mol. The molecule has 5 nitrogen and oxygen atoms in total. The second-order valence-electron chi connectivity index (χ2n) is 9.16. The minimum absolute atomic E-state index is 0.157. The van der Waals surface area contributed by atoms with E-state index in [2.05, 4.69) is 33.9 Å². The first-order chi connectivity index (χ1) is 15.1. The number of halogens is 1. The van der Waals surface area contributed by atoms with Crippen molar-refractivity contribution < 1.29 is 9.18 Å². The van der Waals surface area contributed by atoms with Gasteiger partial charge in [0, 0.05) is 50.9 Å². The first-order valence-electron chi connectivity index (χ1n) is 12.3. The van der Waals surface area contributed by atoms with Crippen LogP contribution in [0.4, 0.5) is 10.1 Å². The van der Waals surface area contributed by atoms with Crippen molar-refractivity contribution in [3.8, 4) is 0 Å². The van der Waals surface area contributed by atoms with Gasteiger partial charge >= 0.3 is 0 Å². The third-order valence-corrected chi connectivity index (χ3v) is 7.16. The largest absolute Gasteiger partial charge is 0.369 e. The van der Waals surface area contributed by atoms with Crippen LogP contribution >= 0.6 is 0 Å². The van der Waals surface area contributed by atoms with Crippen molar-refractivity contribution in [2.75, 3.05) is 57.3 Å². The van der Waals surface area contributed by atoms with Crippen molar-refractivity contribution in [2.24, 2.45) is 5.92 Å². The number of rotatable bonds is 10. The molecule has 0 unspecified atom stereocenters. The molecular weight excluding hydrogens is 391 g/mol. The summed E-state index contributed by atoms with van der Waals surface area (Å²) in [6.45, 7) is 12.4. The Labute approximate surface area is 188 Å². The van der Waals surface area contributed by atoms with Crippen LogP contribution in [0.3, 0.4) is 0 Å². The fourth-order valence-electron chi connectivity index (χ4n) is 4.96. The molecule has 1 aliphatic heterocycles. The molecule has 31 heavy (non-hydrogen) atoms. The number of amides is 1. The van der Waals surface area contributed by atoms with Crippen molar-refractivity contribution in [3.63, 3.8) is 0 Å². The highest BCUT2D eigenvalue weighted by Gasteiger charge is 2.24. The molecule has 0 radical (unpaired) electrons. The van der Waals surface area contributed by atoms with E-state index in [1.165, 1.54) is 25.3 Å². The van der Waals surface area contributed by atoms with Gasteiger partial charge in [-0.1, -0.05) is 19.9 Å². The summed E-state index contributed by atoms with van der Waals surface area (Å²) >= 11 is 0. The highest BCUT2D eigenvalue weighted by atomic mass is 19.1. The first kappa shape index (κ1) is 24.0. The number of hydrogen-bond acceptors (Lipinski definition) is 4. The number of benzene rings is 1. The van der Waals surface area contributed by atoms with Gasteiger partial charge in [0.15, 0.2) is 0 Å². The van der Waals surface area contributed by atoms with Gasteiger partial charge < -0.3 is 15.1 Å². The van der Waals surface area contributed by atoms with Gasteiger partial charge in [-0.15, -0.1) is 0 Å². The van der Waals surface area contributed by atoms with Gasteiger partial charge in [-0.2, -0.15) is 0 Å². The van der Waals surface area contributed by atoms with E-state index in [4.69, 9.17) is 0 Å². The van der Waals surface area contributed by atoms with Crippen molar-refractivity contribution >= 4 is 11.6 Å². The van der Waals surface area contributed by atoms with Crippen LogP contribution in [0, 0.1) is 11.7 Å². The van der Waals surface area contributed by atoms with Gasteiger partial charge in [0.05, 0.1) is 0 Å². The Kier molecular flexibility index (Phi) is 9.59. The van der Waals surface area contributed by atoms with Crippen LogP contribution in [-0.4, -0.2) is 74.1 Å². The number of nitrogens with one attached hydrogen (secondary N) is 1. The van der Waals surface area contributed by atoms with Gasteiger partial charge in [-0.3, -0.25) is 9.69 Å². The number of hydrogen-bond donors (Lipinski definition) is 1. The van der Waals surface area contributed by atoms with E-state index >= 15 is 0 Å². The van der Waals surface area contributed by atoms with E-state index < -0.39 is 0 Å². The normalized spacial score (nSPS) is 22.6. The molecule has 6 heteroatoms. The summed E-state index contributed by atoms with van der Waals surface area (Å²) in [5.74, 6) is 0.840. The van der Waals surface area contributed by atoms with Crippen LogP contribution in [0.5, 0.6) is 0 Å². The third-order valence-electron chi connectivity index (χ3n) is 7.16. The summed E-state index contributed by atoms with van der Waals surface area (Å²) in [6, 6.07) is 7.30. The van der Waals surface area contributed by atoms with Gasteiger partial charge in [0.25, 0.3) is 0 Å². The molecular formula is C25H41FN4O. The SMILES string of the molecule is CCN(CC)CCC(=O)NC1CCC(CCN2CCN(c3cccc(F)c3)CC2)CC1. The second-order valence-corrected chi connectivity index (χ2v) is 9.16. The average Bonchev–Trinajstić information content (AvgIpc) is 2.79. The smallest absolute Gasteiger partial charge is 0.221 e. The van der Waals surface area contributed by atoms with E-state index in [9.17, 15) is 9.18 Å². The molecule has 1 aromatic carbocycles. The highest BCUT2D eigenvalue weighted by molar-refractivity contribution is 5.76. The maximum atomic E-state index is 13.5. The third kappa shape index (κ3) is 7.76. The van der Waals surface area contributed by atoms with Crippen molar-refractivity contribution in [1.82, 2.24) is 15.1 Å². The maximum Gasteiger partial charge on any atom is 0.221 e. The molecule has 1 N–H and O–H groups in total. The van der Waals surface area contributed by atoms with E-state index in [-0.39, 0.29) is 11.7 Å². The number of carbonyl (C=O) groups excluding carboxylic acids is 1. The van der Waals surface area contributed by atoms with Crippen LogP contribution in [0.25, 0.3) is 0 Å². The summed E-state index contributed by atoms with van der Waals surface area (Å²) in [4.78, 5) is 19.4. The number of piperazine rings is 1. The zero-order valence-corrected chi connectivity index (χ0v) is 19.5. The van der Waals surface area contributed by atoms with Gasteiger partial charge in [-0.05, 0) is 75.9 Å². The second kappa shape index (κ2) is 12.4. The van der Waals surface area contributed by atoms with Crippen LogP contribution in [0.2, 0.25) is 0 Å². The van der Waals surface area contributed by atoms with Crippen LogP contribution < -0.4 is 10.2 Å².